The van der Waals surface area contributed by atoms with Crippen LogP contribution in [-0.2, 0) is 4.74 Å². The van der Waals surface area contributed by atoms with E-state index in [1.807, 2.05) is 11.9 Å². The van der Waals surface area contributed by atoms with Crippen molar-refractivity contribution in [1.82, 2.24) is 0 Å². The molecule has 0 bridgehead atoms. The summed E-state index contributed by atoms with van der Waals surface area (Å²) in [6, 6.07) is 1.44. The zero-order valence-corrected chi connectivity index (χ0v) is 11.8. The van der Waals surface area contributed by atoms with Crippen LogP contribution in [0.5, 0.6) is 11.5 Å². The van der Waals surface area contributed by atoms with Gasteiger partial charge in [-0.05, 0) is 0 Å². The number of likely N-dealkylation sites (N-methyl/N-ethyl adjacent to an activating group) is 1. The van der Waals surface area contributed by atoms with Crippen LogP contribution in [0, 0.1) is 0 Å². The minimum atomic E-state index is -1.08. The number of rotatable bonds is 3. The van der Waals surface area contributed by atoms with E-state index in [1.54, 1.807) is 0 Å². The third kappa shape index (κ3) is 2.44. The largest absolute Gasteiger partial charge is 0.486 e. The van der Waals surface area contributed by atoms with Crippen molar-refractivity contribution >= 4 is 17.3 Å². The van der Waals surface area contributed by atoms with Gasteiger partial charge in [0, 0.05) is 19.5 Å². The van der Waals surface area contributed by atoms with Crippen molar-refractivity contribution in [3.8, 4) is 11.5 Å². The molecule has 7 heteroatoms. The maximum Gasteiger partial charge on any atom is 0.338 e. The Morgan fingerprint density at radius 1 is 1.52 bits per heavy atom. The Morgan fingerprint density at radius 2 is 2.33 bits per heavy atom. The van der Waals surface area contributed by atoms with Crippen LogP contribution in [-0.4, -0.2) is 50.6 Å². The maximum atomic E-state index is 11.4. The second-order valence-corrected chi connectivity index (χ2v) is 5.19. The SMILES string of the molecule is CN1CCOc2c(O[C@@H]3CCOC3)cc(C(=O)O)c(N)c21. The molecule has 114 valence electrons. The Hall–Kier alpha value is -2.15. The number of nitrogens with two attached hydrogens (primary N) is 1. The molecule has 0 saturated carbocycles. The number of benzene rings is 1. The number of hydrogen-bond acceptors (Lipinski definition) is 6. The van der Waals surface area contributed by atoms with E-state index in [4.69, 9.17) is 19.9 Å². The molecule has 1 aromatic carbocycles. The molecule has 0 aliphatic carbocycles. The maximum absolute atomic E-state index is 11.4. The van der Waals surface area contributed by atoms with Crippen LogP contribution in [0.4, 0.5) is 11.4 Å². The van der Waals surface area contributed by atoms with Crippen molar-refractivity contribution in [1.29, 1.82) is 0 Å². The number of fused-ring (bicyclic) bond motifs is 1. The highest BCUT2D eigenvalue weighted by Crippen LogP contribution is 2.46. The number of carboxylic acid groups (broad SMARTS) is 1. The van der Waals surface area contributed by atoms with E-state index in [-0.39, 0.29) is 17.4 Å². The normalized spacial score (nSPS) is 20.8. The first-order chi connectivity index (χ1) is 10.1. The van der Waals surface area contributed by atoms with Crippen LogP contribution in [0.1, 0.15) is 16.8 Å². The molecule has 1 fully saturated rings. The molecule has 2 aliphatic rings. The smallest absolute Gasteiger partial charge is 0.338 e. The lowest BCUT2D eigenvalue weighted by molar-refractivity contribution is 0.0697. The van der Waals surface area contributed by atoms with Gasteiger partial charge < -0.3 is 30.0 Å². The van der Waals surface area contributed by atoms with Crippen molar-refractivity contribution in [3.63, 3.8) is 0 Å². The van der Waals surface area contributed by atoms with Gasteiger partial charge in [0.05, 0.1) is 31.0 Å². The molecule has 1 aromatic rings. The highest BCUT2D eigenvalue weighted by Gasteiger charge is 2.29. The monoisotopic (exact) mass is 294 g/mol. The van der Waals surface area contributed by atoms with E-state index >= 15 is 0 Å². The summed E-state index contributed by atoms with van der Waals surface area (Å²) in [5, 5.41) is 9.32. The van der Waals surface area contributed by atoms with E-state index < -0.39 is 5.97 Å². The van der Waals surface area contributed by atoms with Gasteiger partial charge in [0.2, 0.25) is 0 Å². The summed E-state index contributed by atoms with van der Waals surface area (Å²) in [5.74, 6) is -0.154. The topological polar surface area (TPSA) is 94.2 Å². The van der Waals surface area contributed by atoms with Crippen LogP contribution >= 0.6 is 0 Å². The predicted octanol–water partition coefficient (Wildman–Crippen LogP) is 0.963. The fourth-order valence-corrected chi connectivity index (χ4v) is 2.61. The Morgan fingerprint density at radius 3 is 3.00 bits per heavy atom. The van der Waals surface area contributed by atoms with Gasteiger partial charge in [-0.3, -0.25) is 0 Å². The van der Waals surface area contributed by atoms with Gasteiger partial charge in [0.15, 0.2) is 11.5 Å². The fraction of sp³-hybridized carbons (Fsp3) is 0.500. The van der Waals surface area contributed by atoms with E-state index in [9.17, 15) is 9.90 Å². The van der Waals surface area contributed by atoms with E-state index in [0.29, 0.717) is 43.6 Å². The van der Waals surface area contributed by atoms with Crippen LogP contribution in [0.25, 0.3) is 0 Å². The van der Waals surface area contributed by atoms with Gasteiger partial charge in [-0.15, -0.1) is 0 Å². The van der Waals surface area contributed by atoms with Crippen LogP contribution < -0.4 is 20.1 Å². The van der Waals surface area contributed by atoms with Gasteiger partial charge >= 0.3 is 5.97 Å². The van der Waals surface area contributed by atoms with E-state index in [2.05, 4.69) is 0 Å². The van der Waals surface area contributed by atoms with Gasteiger partial charge in [0.1, 0.15) is 18.4 Å². The Kier molecular flexibility index (Phi) is 3.50. The van der Waals surface area contributed by atoms with Gasteiger partial charge in [-0.1, -0.05) is 0 Å². The molecule has 2 heterocycles. The lowest BCUT2D eigenvalue weighted by Crippen LogP contribution is -2.31. The Bertz CT molecular complexity index is 569. The Balaban J connectivity index is 2.06. The summed E-state index contributed by atoms with van der Waals surface area (Å²) in [6.45, 7) is 2.30. The standard InChI is InChI=1S/C14H18N2O5/c1-16-3-5-20-13-10(21-8-2-4-19-7-8)6-9(14(17)18)11(15)12(13)16/h6,8H,2-5,7,15H2,1H3,(H,17,18)/t8-/m1/s1. The summed E-state index contributed by atoms with van der Waals surface area (Å²) in [4.78, 5) is 13.3. The number of nitrogens with zero attached hydrogens (tertiary/aromatic N) is 1. The average molecular weight is 294 g/mol. The molecule has 1 atom stereocenters. The van der Waals surface area contributed by atoms with Gasteiger partial charge in [-0.2, -0.15) is 0 Å². The van der Waals surface area contributed by atoms with Crippen molar-refractivity contribution in [2.24, 2.45) is 0 Å². The van der Waals surface area contributed by atoms with Crippen LogP contribution in [0.15, 0.2) is 6.07 Å². The molecule has 7 nitrogen and oxygen atoms in total. The van der Waals surface area contributed by atoms with Crippen molar-refractivity contribution < 1.29 is 24.1 Å². The summed E-state index contributed by atoms with van der Waals surface area (Å²) >= 11 is 0. The third-order valence-electron chi connectivity index (χ3n) is 3.73. The third-order valence-corrected chi connectivity index (χ3v) is 3.73. The molecule has 0 radical (unpaired) electrons. The number of carbonyl (C=O) groups is 1. The van der Waals surface area contributed by atoms with E-state index in [1.165, 1.54) is 6.07 Å². The number of anilines is 2. The van der Waals surface area contributed by atoms with Gasteiger partial charge in [0.25, 0.3) is 0 Å². The first kappa shape index (κ1) is 13.8. The first-order valence-corrected chi connectivity index (χ1v) is 6.86. The van der Waals surface area contributed by atoms with Crippen molar-refractivity contribution in [2.75, 3.05) is 44.0 Å². The van der Waals surface area contributed by atoms with Crippen LogP contribution in [0.2, 0.25) is 0 Å². The number of ether oxygens (including phenoxy) is 3. The molecule has 0 aromatic heterocycles. The molecule has 0 unspecified atom stereocenters. The lowest BCUT2D eigenvalue weighted by Gasteiger charge is -2.31. The second-order valence-electron chi connectivity index (χ2n) is 5.19. The minimum Gasteiger partial charge on any atom is -0.486 e. The van der Waals surface area contributed by atoms with Gasteiger partial charge in [-0.25, -0.2) is 4.79 Å². The number of carboxylic acids is 1. The molecule has 21 heavy (non-hydrogen) atoms. The molecule has 3 N–H and O–H groups in total. The molecular formula is C14H18N2O5. The highest BCUT2D eigenvalue weighted by atomic mass is 16.6. The quantitative estimate of drug-likeness (QED) is 0.802. The van der Waals surface area contributed by atoms with Crippen molar-refractivity contribution in [3.05, 3.63) is 11.6 Å². The van der Waals surface area contributed by atoms with Crippen molar-refractivity contribution in [2.45, 2.75) is 12.5 Å². The number of aromatic carboxylic acids is 1. The highest BCUT2D eigenvalue weighted by molar-refractivity contribution is 6.00. The summed E-state index contributed by atoms with van der Waals surface area (Å²) < 4.78 is 16.8. The summed E-state index contributed by atoms with van der Waals surface area (Å²) in [7, 11) is 1.85. The molecule has 2 aliphatic heterocycles. The second kappa shape index (κ2) is 5.33. The molecule has 3 rings (SSSR count). The fourth-order valence-electron chi connectivity index (χ4n) is 2.61. The summed E-state index contributed by atoms with van der Waals surface area (Å²) in [5.41, 5.74) is 6.80. The minimum absolute atomic E-state index is 0.0278. The molecular weight excluding hydrogens is 276 g/mol. The summed E-state index contributed by atoms with van der Waals surface area (Å²) in [6.07, 6.45) is 0.687. The molecule has 0 spiro atoms. The zero-order chi connectivity index (χ0) is 15.0. The lowest BCUT2D eigenvalue weighted by atomic mass is 10.1. The predicted molar refractivity (Wildman–Crippen MR) is 76.4 cm³/mol. The Labute approximate surface area is 122 Å². The first-order valence-electron chi connectivity index (χ1n) is 6.86. The zero-order valence-electron chi connectivity index (χ0n) is 11.8. The number of nitrogen functional groups attached to an aromatic ring is 1. The molecule has 1 saturated heterocycles. The number of hydrogen-bond donors (Lipinski definition) is 2. The average Bonchev–Trinajstić information content (AvgIpc) is 2.94. The molecule has 0 amide bonds. The van der Waals surface area contributed by atoms with E-state index in [0.717, 1.165) is 6.42 Å². The van der Waals surface area contributed by atoms with Crippen LogP contribution in [0.3, 0.4) is 0 Å².